The second-order valence-electron chi connectivity index (χ2n) is 4.57. The van der Waals surface area contributed by atoms with Crippen LogP contribution in [0.4, 0.5) is 0 Å². The number of para-hydroxylation sites is 1. The van der Waals surface area contributed by atoms with Crippen molar-refractivity contribution in [2.75, 3.05) is 7.11 Å². The largest absolute Gasteiger partial charge is 0.493 e. The summed E-state index contributed by atoms with van der Waals surface area (Å²) in [5.41, 5.74) is 0.822. The first-order chi connectivity index (χ1) is 8.11. The van der Waals surface area contributed by atoms with Crippen LogP contribution >= 0.6 is 0 Å². The highest BCUT2D eigenvalue weighted by atomic mass is 16.5. The predicted octanol–water partition coefficient (Wildman–Crippen LogP) is 3.50. The standard InChI is InChI=1S/C14H19NO2/c1-9(2)15-10(3)13-8-11-6-5-7-12(16-4)14(11)17-13/h5-10,15H,1-4H3. The highest BCUT2D eigenvalue weighted by Crippen LogP contribution is 2.30. The summed E-state index contributed by atoms with van der Waals surface area (Å²) >= 11 is 0. The van der Waals surface area contributed by atoms with Crippen LogP contribution in [-0.2, 0) is 0 Å². The molecule has 3 nitrogen and oxygen atoms in total. The first-order valence-corrected chi connectivity index (χ1v) is 5.94. The van der Waals surface area contributed by atoms with E-state index in [4.69, 9.17) is 9.15 Å². The Balaban J connectivity index is 2.37. The molecule has 0 radical (unpaired) electrons. The molecule has 0 aliphatic heterocycles. The summed E-state index contributed by atoms with van der Waals surface area (Å²) in [5, 5.41) is 4.50. The van der Waals surface area contributed by atoms with E-state index in [9.17, 15) is 0 Å². The number of fused-ring (bicyclic) bond motifs is 1. The van der Waals surface area contributed by atoms with Gasteiger partial charge in [-0.05, 0) is 19.1 Å². The maximum Gasteiger partial charge on any atom is 0.176 e. The van der Waals surface area contributed by atoms with Crippen LogP contribution in [0.3, 0.4) is 0 Å². The Hall–Kier alpha value is -1.48. The lowest BCUT2D eigenvalue weighted by atomic mass is 10.2. The number of nitrogens with one attached hydrogen (secondary N) is 1. The molecule has 3 heteroatoms. The van der Waals surface area contributed by atoms with Gasteiger partial charge in [-0.1, -0.05) is 26.0 Å². The molecule has 17 heavy (non-hydrogen) atoms. The van der Waals surface area contributed by atoms with Crippen LogP contribution in [-0.4, -0.2) is 13.2 Å². The van der Waals surface area contributed by atoms with Crippen molar-refractivity contribution in [1.29, 1.82) is 0 Å². The van der Waals surface area contributed by atoms with Crippen molar-refractivity contribution in [1.82, 2.24) is 5.32 Å². The van der Waals surface area contributed by atoms with E-state index >= 15 is 0 Å². The minimum atomic E-state index is 0.201. The molecule has 1 heterocycles. The zero-order valence-corrected chi connectivity index (χ0v) is 10.8. The van der Waals surface area contributed by atoms with E-state index < -0.39 is 0 Å². The van der Waals surface area contributed by atoms with E-state index in [1.807, 2.05) is 18.2 Å². The Morgan fingerprint density at radius 2 is 2.00 bits per heavy atom. The monoisotopic (exact) mass is 233 g/mol. The first kappa shape index (κ1) is 12.0. The minimum Gasteiger partial charge on any atom is -0.493 e. The molecule has 1 aromatic heterocycles. The number of rotatable bonds is 4. The maximum absolute atomic E-state index is 5.87. The van der Waals surface area contributed by atoms with Crippen molar-refractivity contribution in [3.05, 3.63) is 30.0 Å². The van der Waals surface area contributed by atoms with Gasteiger partial charge in [0.25, 0.3) is 0 Å². The molecule has 0 saturated heterocycles. The fraction of sp³-hybridized carbons (Fsp3) is 0.429. The van der Waals surface area contributed by atoms with Gasteiger partial charge in [0.05, 0.1) is 13.2 Å². The third-order valence-electron chi connectivity index (χ3n) is 2.76. The third kappa shape index (κ3) is 2.44. The number of ether oxygens (including phenoxy) is 1. The molecule has 0 amide bonds. The van der Waals surface area contributed by atoms with Gasteiger partial charge < -0.3 is 14.5 Å². The third-order valence-corrected chi connectivity index (χ3v) is 2.76. The van der Waals surface area contributed by atoms with Gasteiger partial charge in [0.2, 0.25) is 0 Å². The Morgan fingerprint density at radius 1 is 1.24 bits per heavy atom. The van der Waals surface area contributed by atoms with E-state index in [0.717, 1.165) is 22.5 Å². The van der Waals surface area contributed by atoms with Crippen LogP contribution < -0.4 is 10.1 Å². The van der Waals surface area contributed by atoms with Crippen molar-refractivity contribution in [3.63, 3.8) is 0 Å². The second kappa shape index (κ2) is 4.80. The maximum atomic E-state index is 5.87. The molecule has 2 aromatic rings. The van der Waals surface area contributed by atoms with Crippen LogP contribution in [0.1, 0.15) is 32.6 Å². The van der Waals surface area contributed by atoms with Crippen LogP contribution in [0.25, 0.3) is 11.0 Å². The van der Waals surface area contributed by atoms with Crippen molar-refractivity contribution in [2.24, 2.45) is 0 Å². The molecule has 0 fully saturated rings. The Kier molecular flexibility index (Phi) is 3.38. The number of hydrogen-bond donors (Lipinski definition) is 1. The van der Waals surface area contributed by atoms with E-state index in [1.54, 1.807) is 7.11 Å². The number of methoxy groups -OCH3 is 1. The van der Waals surface area contributed by atoms with Gasteiger partial charge in [0.1, 0.15) is 5.76 Å². The average molecular weight is 233 g/mol. The summed E-state index contributed by atoms with van der Waals surface area (Å²) < 4.78 is 11.2. The van der Waals surface area contributed by atoms with E-state index in [-0.39, 0.29) is 6.04 Å². The molecule has 1 unspecified atom stereocenters. The van der Waals surface area contributed by atoms with E-state index in [2.05, 4.69) is 32.2 Å². The molecule has 1 N–H and O–H groups in total. The van der Waals surface area contributed by atoms with Crippen LogP contribution in [0, 0.1) is 0 Å². The molecule has 92 valence electrons. The lowest BCUT2D eigenvalue weighted by Gasteiger charge is -2.13. The molecule has 1 atom stereocenters. The lowest BCUT2D eigenvalue weighted by Crippen LogP contribution is -2.25. The smallest absolute Gasteiger partial charge is 0.176 e. The van der Waals surface area contributed by atoms with E-state index in [1.165, 1.54) is 0 Å². The summed E-state index contributed by atoms with van der Waals surface area (Å²) in [4.78, 5) is 0. The van der Waals surface area contributed by atoms with Crippen molar-refractivity contribution in [3.8, 4) is 5.75 Å². The molecule has 0 spiro atoms. The van der Waals surface area contributed by atoms with E-state index in [0.29, 0.717) is 6.04 Å². The second-order valence-corrected chi connectivity index (χ2v) is 4.57. The van der Waals surface area contributed by atoms with Gasteiger partial charge >= 0.3 is 0 Å². The minimum absolute atomic E-state index is 0.201. The van der Waals surface area contributed by atoms with Crippen LogP contribution in [0.2, 0.25) is 0 Å². The van der Waals surface area contributed by atoms with Crippen LogP contribution in [0.5, 0.6) is 5.75 Å². The molecule has 2 rings (SSSR count). The zero-order valence-electron chi connectivity index (χ0n) is 10.8. The normalized spacial score (nSPS) is 13.2. The van der Waals surface area contributed by atoms with Crippen molar-refractivity contribution in [2.45, 2.75) is 32.9 Å². The number of furan rings is 1. The highest BCUT2D eigenvalue weighted by molar-refractivity contribution is 5.83. The lowest BCUT2D eigenvalue weighted by molar-refractivity contribution is 0.394. The number of benzene rings is 1. The van der Waals surface area contributed by atoms with Gasteiger partial charge in [-0.2, -0.15) is 0 Å². The molecular formula is C14H19NO2. The quantitative estimate of drug-likeness (QED) is 0.877. The first-order valence-electron chi connectivity index (χ1n) is 5.94. The molecule has 0 aliphatic carbocycles. The molecule has 0 saturated carbocycles. The van der Waals surface area contributed by atoms with Gasteiger partial charge in [-0.15, -0.1) is 0 Å². The predicted molar refractivity (Wildman–Crippen MR) is 69.5 cm³/mol. The summed E-state index contributed by atoms with van der Waals surface area (Å²) in [6.45, 7) is 6.35. The Bertz CT molecular complexity index is 502. The van der Waals surface area contributed by atoms with Crippen LogP contribution in [0.15, 0.2) is 28.7 Å². The molecule has 1 aromatic carbocycles. The highest BCUT2D eigenvalue weighted by Gasteiger charge is 2.14. The number of hydrogen-bond acceptors (Lipinski definition) is 3. The Morgan fingerprint density at radius 3 is 2.65 bits per heavy atom. The fourth-order valence-electron chi connectivity index (χ4n) is 2.01. The SMILES string of the molecule is COc1cccc2cc(C(C)NC(C)C)oc12. The molecule has 0 bridgehead atoms. The van der Waals surface area contributed by atoms with Gasteiger partial charge in [-0.3, -0.25) is 0 Å². The molecule has 0 aliphatic rings. The summed E-state index contributed by atoms with van der Waals surface area (Å²) in [5.74, 6) is 1.73. The molecular weight excluding hydrogens is 214 g/mol. The van der Waals surface area contributed by atoms with Gasteiger partial charge in [0, 0.05) is 11.4 Å². The zero-order chi connectivity index (χ0) is 12.4. The van der Waals surface area contributed by atoms with Gasteiger partial charge in [-0.25, -0.2) is 0 Å². The van der Waals surface area contributed by atoms with Crippen molar-refractivity contribution < 1.29 is 9.15 Å². The summed E-state index contributed by atoms with van der Waals surface area (Å²) in [6, 6.07) is 8.62. The average Bonchev–Trinajstić information content (AvgIpc) is 2.71. The van der Waals surface area contributed by atoms with Gasteiger partial charge in [0.15, 0.2) is 11.3 Å². The topological polar surface area (TPSA) is 34.4 Å². The van der Waals surface area contributed by atoms with Crippen molar-refractivity contribution >= 4 is 11.0 Å². The summed E-state index contributed by atoms with van der Waals surface area (Å²) in [6.07, 6.45) is 0. The summed E-state index contributed by atoms with van der Waals surface area (Å²) in [7, 11) is 1.66. The fourth-order valence-corrected chi connectivity index (χ4v) is 2.01. The Labute approximate surface area is 102 Å².